The molecular weight excluding hydrogens is 239 g/mol. The molecule has 0 saturated heterocycles. The number of esters is 1. The third-order valence-electron chi connectivity index (χ3n) is 2.34. The van der Waals surface area contributed by atoms with Gasteiger partial charge in [0.2, 0.25) is 0 Å². The van der Waals surface area contributed by atoms with E-state index in [1.54, 1.807) is 0 Å². The standard InChI is InChI=1S/C12H9FN2O3/c1-18-12(17)11-8(7-16)6-15(14-11)10-4-2-9(13)3-5-10/h2-7H,1H3. The highest BCUT2D eigenvalue weighted by molar-refractivity contribution is 5.96. The minimum absolute atomic E-state index is 0.0724. The van der Waals surface area contributed by atoms with Crippen LogP contribution in [0, 0.1) is 5.82 Å². The Labute approximate surface area is 102 Å². The number of methoxy groups -OCH3 is 1. The molecular formula is C12H9FN2O3. The number of rotatable bonds is 3. The quantitative estimate of drug-likeness (QED) is 0.611. The molecule has 0 N–H and O–H groups in total. The second-order valence-corrected chi connectivity index (χ2v) is 3.46. The number of nitrogens with zero attached hydrogens (tertiary/aromatic N) is 2. The van der Waals surface area contributed by atoms with Crippen LogP contribution in [-0.4, -0.2) is 29.1 Å². The zero-order chi connectivity index (χ0) is 13.1. The van der Waals surface area contributed by atoms with E-state index in [0.717, 1.165) is 0 Å². The maximum Gasteiger partial charge on any atom is 0.359 e. The monoisotopic (exact) mass is 248 g/mol. The van der Waals surface area contributed by atoms with Crippen LogP contribution >= 0.6 is 0 Å². The topological polar surface area (TPSA) is 61.2 Å². The van der Waals surface area contributed by atoms with E-state index < -0.39 is 5.97 Å². The zero-order valence-electron chi connectivity index (χ0n) is 9.46. The average Bonchev–Trinajstić information content (AvgIpc) is 2.82. The van der Waals surface area contributed by atoms with Gasteiger partial charge in [-0.15, -0.1) is 0 Å². The third kappa shape index (κ3) is 2.13. The van der Waals surface area contributed by atoms with Gasteiger partial charge in [-0.05, 0) is 24.3 Å². The van der Waals surface area contributed by atoms with Crippen LogP contribution in [0.3, 0.4) is 0 Å². The fourth-order valence-corrected chi connectivity index (χ4v) is 1.45. The summed E-state index contributed by atoms with van der Waals surface area (Å²) in [6, 6.07) is 5.49. The minimum atomic E-state index is -0.696. The number of hydrogen-bond acceptors (Lipinski definition) is 4. The highest BCUT2D eigenvalue weighted by Crippen LogP contribution is 2.12. The van der Waals surface area contributed by atoms with Crippen molar-refractivity contribution in [2.75, 3.05) is 7.11 Å². The van der Waals surface area contributed by atoms with Gasteiger partial charge in [0, 0.05) is 6.20 Å². The molecule has 18 heavy (non-hydrogen) atoms. The summed E-state index contributed by atoms with van der Waals surface area (Å²) >= 11 is 0. The van der Waals surface area contributed by atoms with Gasteiger partial charge in [-0.25, -0.2) is 13.9 Å². The van der Waals surface area contributed by atoms with Crippen molar-refractivity contribution in [2.24, 2.45) is 0 Å². The Morgan fingerprint density at radius 3 is 2.61 bits per heavy atom. The number of carbonyl (C=O) groups is 2. The smallest absolute Gasteiger partial charge is 0.359 e. The maximum atomic E-state index is 12.8. The van der Waals surface area contributed by atoms with Gasteiger partial charge in [0.25, 0.3) is 0 Å². The first-order valence-electron chi connectivity index (χ1n) is 5.05. The second-order valence-electron chi connectivity index (χ2n) is 3.46. The Morgan fingerprint density at radius 2 is 2.06 bits per heavy atom. The molecule has 0 aliphatic rings. The van der Waals surface area contributed by atoms with Gasteiger partial charge < -0.3 is 4.74 Å². The molecule has 1 aromatic heterocycles. The highest BCUT2D eigenvalue weighted by atomic mass is 19.1. The first-order chi connectivity index (χ1) is 8.65. The average molecular weight is 248 g/mol. The third-order valence-corrected chi connectivity index (χ3v) is 2.34. The molecule has 0 atom stereocenters. The van der Waals surface area contributed by atoms with E-state index in [0.29, 0.717) is 12.0 Å². The molecule has 1 heterocycles. The van der Waals surface area contributed by atoms with Crippen LogP contribution in [0.1, 0.15) is 20.8 Å². The van der Waals surface area contributed by atoms with Crippen molar-refractivity contribution in [3.8, 4) is 5.69 Å². The van der Waals surface area contributed by atoms with E-state index in [9.17, 15) is 14.0 Å². The van der Waals surface area contributed by atoms with Crippen molar-refractivity contribution in [3.63, 3.8) is 0 Å². The molecule has 0 spiro atoms. The van der Waals surface area contributed by atoms with Gasteiger partial charge in [0.05, 0.1) is 18.4 Å². The first kappa shape index (κ1) is 12.0. The summed E-state index contributed by atoms with van der Waals surface area (Å²) in [4.78, 5) is 22.2. The molecule has 0 bridgehead atoms. The molecule has 5 nitrogen and oxygen atoms in total. The SMILES string of the molecule is COC(=O)c1nn(-c2ccc(F)cc2)cc1C=O. The molecule has 2 aromatic rings. The summed E-state index contributed by atoms with van der Waals surface area (Å²) in [6.07, 6.45) is 1.89. The molecule has 1 aromatic carbocycles. The number of carbonyl (C=O) groups excluding carboxylic acids is 2. The molecule has 92 valence electrons. The maximum absolute atomic E-state index is 12.8. The molecule has 0 unspecified atom stereocenters. The highest BCUT2D eigenvalue weighted by Gasteiger charge is 2.17. The van der Waals surface area contributed by atoms with Gasteiger partial charge in [0.15, 0.2) is 12.0 Å². The lowest BCUT2D eigenvalue weighted by Crippen LogP contribution is -2.06. The molecule has 0 saturated carbocycles. The van der Waals surface area contributed by atoms with Crippen LogP contribution in [0.15, 0.2) is 30.5 Å². The van der Waals surface area contributed by atoms with Crippen LogP contribution in [0.2, 0.25) is 0 Å². The Morgan fingerprint density at radius 1 is 1.39 bits per heavy atom. The van der Waals surface area contributed by atoms with E-state index in [1.807, 2.05) is 0 Å². The molecule has 6 heteroatoms. The van der Waals surface area contributed by atoms with Crippen molar-refractivity contribution in [1.82, 2.24) is 9.78 Å². The summed E-state index contributed by atoms with van der Waals surface area (Å²) in [5, 5.41) is 3.94. The van der Waals surface area contributed by atoms with E-state index in [2.05, 4.69) is 9.84 Å². The van der Waals surface area contributed by atoms with Crippen LogP contribution in [0.25, 0.3) is 5.69 Å². The van der Waals surface area contributed by atoms with Gasteiger partial charge >= 0.3 is 5.97 Å². The number of benzene rings is 1. The lowest BCUT2D eigenvalue weighted by Gasteiger charge is -1.99. The molecule has 0 amide bonds. The van der Waals surface area contributed by atoms with Gasteiger partial charge in [0.1, 0.15) is 5.82 Å². The Kier molecular flexibility index (Phi) is 3.18. The summed E-state index contributed by atoms with van der Waals surface area (Å²) in [7, 11) is 1.20. The van der Waals surface area contributed by atoms with Crippen molar-refractivity contribution < 1.29 is 18.7 Å². The van der Waals surface area contributed by atoms with E-state index in [-0.39, 0.29) is 17.1 Å². The molecule has 0 aliphatic carbocycles. The molecule has 0 radical (unpaired) electrons. The van der Waals surface area contributed by atoms with Crippen molar-refractivity contribution in [1.29, 1.82) is 0 Å². The largest absolute Gasteiger partial charge is 0.464 e. The van der Waals surface area contributed by atoms with Crippen LogP contribution in [0.5, 0.6) is 0 Å². The van der Waals surface area contributed by atoms with Crippen molar-refractivity contribution in [2.45, 2.75) is 0 Å². The first-order valence-corrected chi connectivity index (χ1v) is 5.05. The summed E-state index contributed by atoms with van der Waals surface area (Å²) in [5.41, 5.74) is 0.581. The van der Waals surface area contributed by atoms with E-state index >= 15 is 0 Å². The van der Waals surface area contributed by atoms with Crippen molar-refractivity contribution >= 4 is 12.3 Å². The Balaban J connectivity index is 2.47. The number of aldehydes is 1. The minimum Gasteiger partial charge on any atom is -0.464 e. The normalized spacial score (nSPS) is 10.1. The van der Waals surface area contributed by atoms with Crippen LogP contribution in [0.4, 0.5) is 4.39 Å². The fourth-order valence-electron chi connectivity index (χ4n) is 1.45. The predicted molar refractivity (Wildman–Crippen MR) is 60.2 cm³/mol. The van der Waals surface area contributed by atoms with Crippen LogP contribution in [-0.2, 0) is 4.74 Å². The molecule has 0 aliphatic heterocycles. The Hall–Kier alpha value is -2.50. The molecule has 2 rings (SSSR count). The van der Waals surface area contributed by atoms with E-state index in [1.165, 1.54) is 42.3 Å². The summed E-state index contributed by atoms with van der Waals surface area (Å²) in [6.45, 7) is 0. The zero-order valence-corrected chi connectivity index (χ0v) is 9.46. The fraction of sp³-hybridized carbons (Fsp3) is 0.0833. The molecule has 0 fully saturated rings. The Bertz CT molecular complexity index is 590. The van der Waals surface area contributed by atoms with Gasteiger partial charge in [-0.3, -0.25) is 4.79 Å². The number of aromatic nitrogens is 2. The van der Waals surface area contributed by atoms with Crippen LogP contribution < -0.4 is 0 Å². The summed E-state index contributed by atoms with van der Waals surface area (Å²) < 4.78 is 18.6. The second kappa shape index (κ2) is 4.79. The number of halogens is 1. The van der Waals surface area contributed by atoms with Crippen molar-refractivity contribution in [3.05, 3.63) is 47.5 Å². The number of ether oxygens (including phenoxy) is 1. The predicted octanol–water partition coefficient (Wildman–Crippen LogP) is 1.61. The van der Waals surface area contributed by atoms with E-state index in [4.69, 9.17) is 0 Å². The van der Waals surface area contributed by atoms with Gasteiger partial charge in [-0.2, -0.15) is 5.10 Å². The number of hydrogen-bond donors (Lipinski definition) is 0. The lowest BCUT2D eigenvalue weighted by atomic mass is 10.3. The summed E-state index contributed by atoms with van der Waals surface area (Å²) in [5.74, 6) is -1.08. The van der Waals surface area contributed by atoms with Gasteiger partial charge in [-0.1, -0.05) is 0 Å². The lowest BCUT2D eigenvalue weighted by molar-refractivity contribution is 0.0591.